The van der Waals surface area contributed by atoms with Gasteiger partial charge in [-0.05, 0) is 80.7 Å². The van der Waals surface area contributed by atoms with Gasteiger partial charge >= 0.3 is 14.1 Å². The minimum absolute atomic E-state index is 0. The predicted octanol–water partition coefficient (Wildman–Crippen LogP) is 5.33. The molecule has 2 aromatic rings. The maximum Gasteiger partial charge on any atom is 0.376 e. The molecule has 2 aliphatic rings. The molecule has 4 rings (SSSR count). The van der Waals surface area contributed by atoms with E-state index in [0.717, 1.165) is 13.1 Å². The van der Waals surface area contributed by atoms with Gasteiger partial charge in [0.15, 0.2) is 0 Å². The first kappa shape index (κ1) is 35.6. The maximum absolute atomic E-state index is 10.7. The van der Waals surface area contributed by atoms with Crippen LogP contribution in [-0.4, -0.2) is 80.8 Å². The summed E-state index contributed by atoms with van der Waals surface area (Å²) in [6.07, 6.45) is 5.20. The minimum Gasteiger partial charge on any atom is -0.437 e. The number of hydrogen-bond acceptors (Lipinski definition) is 8. The van der Waals surface area contributed by atoms with Crippen molar-refractivity contribution < 1.29 is 19.9 Å². The molecule has 8 nitrogen and oxygen atoms in total. The van der Waals surface area contributed by atoms with Gasteiger partial charge in [0, 0.05) is 25.2 Å². The Kier molecular flexibility index (Phi) is 15.6. The van der Waals surface area contributed by atoms with Gasteiger partial charge in [0.05, 0.1) is 25.8 Å². The number of piperidine rings is 2. The van der Waals surface area contributed by atoms with E-state index in [4.69, 9.17) is 51.4 Å². The number of carbonyl (C=O) groups excluding carboxylic acids is 1. The van der Waals surface area contributed by atoms with Gasteiger partial charge < -0.3 is 24.8 Å². The van der Waals surface area contributed by atoms with Gasteiger partial charge in [0.25, 0.3) is 0 Å². The molecule has 0 radical (unpaired) electrons. The quantitative estimate of drug-likeness (QED) is 0.297. The normalized spacial score (nSPS) is 17.3. The average Bonchev–Trinajstić information content (AvgIpc) is 2.83. The van der Waals surface area contributed by atoms with Crippen molar-refractivity contribution in [1.82, 2.24) is 19.6 Å². The second kappa shape index (κ2) is 16.7. The molecule has 0 aliphatic carbocycles. The van der Waals surface area contributed by atoms with Gasteiger partial charge in [-0.15, -0.1) is 0 Å². The zero-order valence-electron chi connectivity index (χ0n) is 20.5. The molecular weight excluding hydrogens is 640 g/mol. The van der Waals surface area contributed by atoms with Crippen molar-refractivity contribution in [3.05, 3.63) is 54.9 Å². The molecule has 4 heterocycles. The number of pyridine rings is 2. The fourth-order valence-electron chi connectivity index (χ4n) is 3.81. The summed E-state index contributed by atoms with van der Waals surface area (Å²) < 4.78 is 0.619. The van der Waals surface area contributed by atoms with E-state index in [9.17, 15) is 14.9 Å². The molecular formula is C23H33B2BrCl4N4O4. The summed E-state index contributed by atoms with van der Waals surface area (Å²) in [5, 5.41) is 31.1. The zero-order valence-corrected chi connectivity index (χ0v) is 25.2. The molecule has 2 aliphatic heterocycles. The molecule has 2 aromatic heterocycles. The highest BCUT2D eigenvalue weighted by atomic mass is 79.9. The molecule has 15 heteroatoms. The number of halogens is 5. The fraction of sp³-hybridized carbons (Fsp3) is 0.522. The lowest BCUT2D eigenvalue weighted by Gasteiger charge is -2.38. The lowest BCUT2D eigenvalue weighted by atomic mass is 9.78. The van der Waals surface area contributed by atoms with Gasteiger partial charge in [-0.2, -0.15) is 0 Å². The van der Waals surface area contributed by atoms with Crippen LogP contribution in [0.2, 0.25) is 33.7 Å². The van der Waals surface area contributed by atoms with Gasteiger partial charge in [-0.3, -0.25) is 9.78 Å². The van der Waals surface area contributed by atoms with E-state index in [1.807, 2.05) is 9.62 Å². The summed E-state index contributed by atoms with van der Waals surface area (Å²) >= 11 is 26.2. The molecule has 3 N–H and O–H groups in total. The Morgan fingerprint density at radius 2 is 1.32 bits per heavy atom. The van der Waals surface area contributed by atoms with Crippen LogP contribution in [0, 0.1) is 0 Å². The summed E-state index contributed by atoms with van der Waals surface area (Å²) in [7, 11) is -0.892. The summed E-state index contributed by atoms with van der Waals surface area (Å²) in [6.45, 7) is 6.10. The first-order valence-electron chi connectivity index (χ1n) is 11.7. The van der Waals surface area contributed by atoms with Gasteiger partial charge in [0.1, 0.15) is 16.0 Å². The lowest BCUT2D eigenvalue weighted by molar-refractivity contribution is -0.120. The number of nitrogens with zero attached hydrogens (tertiary/aromatic N) is 4. The van der Waals surface area contributed by atoms with Crippen LogP contribution in [0.15, 0.2) is 29.1 Å². The third-order valence-corrected chi connectivity index (χ3v) is 7.90. The molecule has 0 spiro atoms. The van der Waals surface area contributed by atoms with Crippen LogP contribution in [-0.2, 0) is 10.4 Å². The molecule has 0 unspecified atom stereocenters. The van der Waals surface area contributed by atoms with Gasteiger partial charge in [-0.25, -0.2) is 4.98 Å². The smallest absolute Gasteiger partial charge is 0.376 e. The van der Waals surface area contributed by atoms with Gasteiger partial charge in [0.2, 0.25) is 0 Å². The van der Waals surface area contributed by atoms with Crippen LogP contribution >= 0.6 is 62.3 Å². The van der Waals surface area contributed by atoms with Crippen LogP contribution in [0.4, 0.5) is 0 Å². The number of aliphatic hydroxyl groups is 1. The Morgan fingerprint density at radius 3 is 1.74 bits per heavy atom. The Labute approximate surface area is 254 Å². The Bertz CT molecular complexity index is 1040. The minimum atomic E-state index is -1.03. The Morgan fingerprint density at radius 1 is 0.868 bits per heavy atom. The first-order valence-corrected chi connectivity index (χ1v) is 14.0. The zero-order chi connectivity index (χ0) is 27.8. The average molecular weight is 673 g/mol. The van der Waals surface area contributed by atoms with Crippen molar-refractivity contribution in [2.45, 2.75) is 52.4 Å². The van der Waals surface area contributed by atoms with E-state index in [1.54, 1.807) is 25.8 Å². The lowest BCUT2D eigenvalue weighted by Crippen LogP contribution is -2.48. The first-order chi connectivity index (χ1) is 17.3. The van der Waals surface area contributed by atoms with E-state index >= 15 is 0 Å². The highest BCUT2D eigenvalue weighted by Crippen LogP contribution is 2.36. The molecule has 2 fully saturated rings. The second-order valence-electron chi connectivity index (χ2n) is 8.82. The van der Waals surface area contributed by atoms with Crippen LogP contribution < -0.4 is 0 Å². The number of aromatic nitrogens is 2. The number of carbonyl (C=O) groups is 1. The summed E-state index contributed by atoms with van der Waals surface area (Å²) in [4.78, 5) is 22.5. The summed E-state index contributed by atoms with van der Waals surface area (Å²) in [6, 6.07) is 3.21. The standard InChI is InChI=1S/C11H15BCl2N2O2.C6H12BNO2.C5H2BrCl2N.CH4/c1-12(18)16-4-2-11(17,3-5-16)10-9(14)6-8(13)7-15-10;1-7(10)8-4-2-6(9)3-5-8;6-5-4(8)1-3(7)2-9-5;/h6-7,17-18H,2-5H2,1H3;10H,2-5H2,1H3;1-2H;1H4. The number of rotatable bonds is 3. The van der Waals surface area contributed by atoms with E-state index in [2.05, 4.69) is 25.9 Å². The van der Waals surface area contributed by atoms with Crippen molar-refractivity contribution in [2.75, 3.05) is 26.2 Å². The van der Waals surface area contributed by atoms with Crippen molar-refractivity contribution in [1.29, 1.82) is 0 Å². The molecule has 2 saturated heterocycles. The largest absolute Gasteiger partial charge is 0.437 e. The van der Waals surface area contributed by atoms with Crippen LogP contribution in [0.1, 0.15) is 38.8 Å². The highest BCUT2D eigenvalue weighted by Gasteiger charge is 2.38. The molecule has 210 valence electrons. The topological polar surface area (TPSA) is 110 Å². The molecule has 0 bridgehead atoms. The van der Waals surface area contributed by atoms with Crippen molar-refractivity contribution >= 4 is 82.2 Å². The Hall–Kier alpha value is -0.460. The monoisotopic (exact) mass is 670 g/mol. The number of ketones is 1. The molecule has 0 saturated carbocycles. The van der Waals surface area contributed by atoms with Crippen LogP contribution in [0.25, 0.3) is 0 Å². The molecule has 0 amide bonds. The SMILES string of the molecule is C.CB(O)N1CCC(=O)CC1.CB(O)N1CCC(O)(c2ncc(Cl)cc2Cl)CC1.Clc1cnc(Br)c(Cl)c1. The predicted molar refractivity (Wildman–Crippen MR) is 161 cm³/mol. The van der Waals surface area contributed by atoms with Crippen molar-refractivity contribution in [3.63, 3.8) is 0 Å². The third kappa shape index (κ3) is 11.2. The summed E-state index contributed by atoms with van der Waals surface area (Å²) in [5.74, 6) is 0.317. The maximum atomic E-state index is 10.7. The van der Waals surface area contributed by atoms with Crippen LogP contribution in [0.5, 0.6) is 0 Å². The molecule has 0 aromatic carbocycles. The highest BCUT2D eigenvalue weighted by molar-refractivity contribution is 9.10. The van der Waals surface area contributed by atoms with Crippen molar-refractivity contribution in [2.24, 2.45) is 0 Å². The van der Waals surface area contributed by atoms with Crippen LogP contribution in [0.3, 0.4) is 0 Å². The van der Waals surface area contributed by atoms with Crippen molar-refractivity contribution in [3.8, 4) is 0 Å². The van der Waals surface area contributed by atoms with E-state index < -0.39 is 19.7 Å². The third-order valence-electron chi connectivity index (χ3n) is 6.05. The fourth-order valence-corrected chi connectivity index (χ4v) is 4.96. The van der Waals surface area contributed by atoms with E-state index in [0.29, 0.717) is 74.9 Å². The molecule has 0 atom stereocenters. The van der Waals surface area contributed by atoms with E-state index in [1.165, 1.54) is 12.4 Å². The van der Waals surface area contributed by atoms with E-state index in [-0.39, 0.29) is 7.43 Å². The number of Topliss-reactive ketones (excluding diaryl/α,β-unsaturated/α-hetero) is 1. The number of hydrogen-bond donors (Lipinski definition) is 3. The van der Waals surface area contributed by atoms with Gasteiger partial charge in [-0.1, -0.05) is 53.8 Å². The summed E-state index contributed by atoms with van der Waals surface area (Å²) in [5.41, 5.74) is -0.564. The second-order valence-corrected chi connectivity index (χ2v) is 11.3. The Balaban J connectivity index is 0.000000307. The molecule has 38 heavy (non-hydrogen) atoms.